The first-order chi connectivity index (χ1) is 7.61. The second-order valence-electron chi connectivity index (χ2n) is 3.78. The lowest BCUT2D eigenvalue weighted by atomic mass is 10.1. The minimum atomic E-state index is 0.0285. The van der Waals surface area contributed by atoms with Crippen LogP contribution in [0, 0.1) is 0 Å². The highest BCUT2D eigenvalue weighted by Gasteiger charge is 2.02. The molecule has 1 amide bonds. The first-order valence-corrected chi connectivity index (χ1v) is 5.21. The summed E-state index contributed by atoms with van der Waals surface area (Å²) in [5.74, 6) is 0.863. The minimum Gasteiger partial charge on any atom is -0.497 e. The van der Waals surface area contributed by atoms with Crippen molar-refractivity contribution in [2.45, 2.75) is 12.8 Å². The first-order valence-electron chi connectivity index (χ1n) is 5.21. The zero-order valence-electron chi connectivity index (χ0n) is 9.99. The van der Waals surface area contributed by atoms with Crippen LogP contribution in [0.3, 0.4) is 0 Å². The van der Waals surface area contributed by atoms with Gasteiger partial charge in [0.25, 0.3) is 0 Å². The molecule has 0 saturated carbocycles. The summed E-state index contributed by atoms with van der Waals surface area (Å²) in [5.41, 5.74) is 3.84. The molecule has 0 fully saturated rings. The van der Waals surface area contributed by atoms with Crippen molar-refractivity contribution in [1.82, 2.24) is 10.4 Å². The van der Waals surface area contributed by atoms with Crippen LogP contribution in [0.2, 0.25) is 0 Å². The van der Waals surface area contributed by atoms with Crippen LogP contribution in [0.25, 0.3) is 0 Å². The van der Waals surface area contributed by atoms with Gasteiger partial charge in [-0.1, -0.05) is 12.1 Å². The summed E-state index contributed by atoms with van der Waals surface area (Å²) in [4.78, 5) is 11.4. The zero-order chi connectivity index (χ0) is 12.0. The number of aryl methyl sites for hydroxylation is 1. The molecule has 0 aliphatic carbocycles. The van der Waals surface area contributed by atoms with Gasteiger partial charge in [0.2, 0.25) is 5.91 Å². The third-order valence-electron chi connectivity index (χ3n) is 2.15. The fourth-order valence-electron chi connectivity index (χ4n) is 1.36. The highest BCUT2D eigenvalue weighted by atomic mass is 16.5. The number of ether oxygens (including phenoxy) is 1. The highest BCUT2D eigenvalue weighted by molar-refractivity contribution is 5.75. The number of hydrogen-bond donors (Lipinski definition) is 1. The zero-order valence-corrected chi connectivity index (χ0v) is 9.99. The number of benzene rings is 1. The Hall–Kier alpha value is -1.55. The molecule has 0 aliphatic rings. The second kappa shape index (κ2) is 6.12. The van der Waals surface area contributed by atoms with E-state index in [1.165, 1.54) is 0 Å². The van der Waals surface area contributed by atoms with Gasteiger partial charge >= 0.3 is 0 Å². The normalized spacial score (nSPS) is 10.2. The van der Waals surface area contributed by atoms with Crippen molar-refractivity contribution in [1.29, 1.82) is 0 Å². The fourth-order valence-corrected chi connectivity index (χ4v) is 1.36. The van der Waals surface area contributed by atoms with Crippen LogP contribution in [0.15, 0.2) is 24.3 Å². The Bertz CT molecular complexity index is 333. The summed E-state index contributed by atoms with van der Waals surface area (Å²) in [5, 5.41) is 1.65. The molecule has 88 valence electrons. The molecule has 0 radical (unpaired) electrons. The predicted molar refractivity (Wildman–Crippen MR) is 63.1 cm³/mol. The Morgan fingerprint density at radius 3 is 2.44 bits per heavy atom. The second-order valence-corrected chi connectivity index (χ2v) is 3.78. The minimum absolute atomic E-state index is 0.0285. The van der Waals surface area contributed by atoms with E-state index in [-0.39, 0.29) is 5.91 Å². The maximum absolute atomic E-state index is 11.4. The standard InChI is InChI=1S/C12H18N2O2/c1-14(2)13-12(15)9-6-10-4-7-11(16-3)8-5-10/h4-5,7-8H,6,9H2,1-3H3,(H,13,15). The van der Waals surface area contributed by atoms with Crippen LogP contribution in [0.4, 0.5) is 0 Å². The summed E-state index contributed by atoms with van der Waals surface area (Å²) < 4.78 is 5.06. The molecule has 4 heteroatoms. The molecule has 16 heavy (non-hydrogen) atoms. The van der Waals surface area contributed by atoms with Gasteiger partial charge in [-0.2, -0.15) is 0 Å². The average Bonchev–Trinajstić information content (AvgIpc) is 2.26. The van der Waals surface area contributed by atoms with Crippen molar-refractivity contribution < 1.29 is 9.53 Å². The monoisotopic (exact) mass is 222 g/mol. The lowest BCUT2D eigenvalue weighted by molar-refractivity contribution is -0.124. The van der Waals surface area contributed by atoms with Crippen molar-refractivity contribution in [3.8, 4) is 5.75 Å². The lowest BCUT2D eigenvalue weighted by Crippen LogP contribution is -2.36. The number of rotatable bonds is 5. The summed E-state index contributed by atoms with van der Waals surface area (Å²) in [7, 11) is 5.23. The van der Waals surface area contributed by atoms with E-state index < -0.39 is 0 Å². The molecule has 1 aromatic carbocycles. The molecule has 0 aliphatic heterocycles. The first kappa shape index (κ1) is 12.5. The molecule has 0 spiro atoms. The maximum Gasteiger partial charge on any atom is 0.234 e. The van der Waals surface area contributed by atoms with Crippen molar-refractivity contribution in [3.63, 3.8) is 0 Å². The summed E-state index contributed by atoms with van der Waals surface area (Å²) >= 11 is 0. The van der Waals surface area contributed by atoms with Crippen LogP contribution >= 0.6 is 0 Å². The third-order valence-corrected chi connectivity index (χ3v) is 2.15. The van der Waals surface area contributed by atoms with Gasteiger partial charge in [-0.25, -0.2) is 5.01 Å². The Morgan fingerprint density at radius 1 is 1.31 bits per heavy atom. The van der Waals surface area contributed by atoms with Crippen LogP contribution in [0.1, 0.15) is 12.0 Å². The van der Waals surface area contributed by atoms with Crippen molar-refractivity contribution >= 4 is 5.91 Å². The van der Waals surface area contributed by atoms with E-state index in [0.29, 0.717) is 6.42 Å². The molecular weight excluding hydrogens is 204 g/mol. The van der Waals surface area contributed by atoms with Crippen LogP contribution in [-0.4, -0.2) is 32.1 Å². The van der Waals surface area contributed by atoms with Gasteiger partial charge in [0.05, 0.1) is 7.11 Å². The molecule has 0 aromatic heterocycles. The van der Waals surface area contributed by atoms with E-state index in [2.05, 4.69) is 5.43 Å². The fraction of sp³-hybridized carbons (Fsp3) is 0.417. The number of nitrogens with zero attached hydrogens (tertiary/aromatic N) is 1. The number of amides is 1. The Balaban J connectivity index is 2.39. The van der Waals surface area contributed by atoms with Gasteiger partial charge in [0.15, 0.2) is 0 Å². The highest BCUT2D eigenvalue weighted by Crippen LogP contribution is 2.12. The number of hydrogen-bond acceptors (Lipinski definition) is 3. The largest absolute Gasteiger partial charge is 0.497 e. The number of hydrazine groups is 1. The quantitative estimate of drug-likeness (QED) is 0.762. The van der Waals surface area contributed by atoms with E-state index >= 15 is 0 Å². The van der Waals surface area contributed by atoms with Gasteiger partial charge in [-0.3, -0.25) is 10.2 Å². The molecule has 4 nitrogen and oxygen atoms in total. The van der Waals surface area contributed by atoms with Crippen LogP contribution in [-0.2, 0) is 11.2 Å². The SMILES string of the molecule is COc1ccc(CCC(=O)NN(C)C)cc1. The van der Waals surface area contributed by atoms with Crippen molar-refractivity contribution in [2.75, 3.05) is 21.2 Å². The molecule has 0 bridgehead atoms. The molecule has 0 heterocycles. The lowest BCUT2D eigenvalue weighted by Gasteiger charge is -2.11. The molecule has 0 atom stereocenters. The smallest absolute Gasteiger partial charge is 0.234 e. The van der Waals surface area contributed by atoms with E-state index in [9.17, 15) is 4.79 Å². The van der Waals surface area contributed by atoms with Gasteiger partial charge in [-0.15, -0.1) is 0 Å². The maximum atomic E-state index is 11.4. The van der Waals surface area contributed by atoms with Crippen LogP contribution < -0.4 is 10.2 Å². The third kappa shape index (κ3) is 4.31. The van der Waals surface area contributed by atoms with Gasteiger partial charge in [-0.05, 0) is 24.1 Å². The average molecular weight is 222 g/mol. The Kier molecular flexibility index (Phi) is 4.79. The number of carbonyl (C=O) groups is 1. The molecule has 1 rings (SSSR count). The van der Waals surface area contributed by atoms with E-state index in [4.69, 9.17) is 4.74 Å². The van der Waals surface area contributed by atoms with E-state index in [1.807, 2.05) is 24.3 Å². The predicted octanol–water partition coefficient (Wildman–Crippen LogP) is 1.22. The Morgan fingerprint density at radius 2 is 1.94 bits per heavy atom. The topological polar surface area (TPSA) is 41.6 Å². The molecular formula is C12H18N2O2. The number of methoxy groups -OCH3 is 1. The van der Waals surface area contributed by atoms with Gasteiger partial charge in [0, 0.05) is 20.5 Å². The summed E-state index contributed by atoms with van der Waals surface area (Å²) in [6, 6.07) is 7.75. The van der Waals surface area contributed by atoms with E-state index in [1.54, 1.807) is 26.2 Å². The van der Waals surface area contributed by atoms with Crippen molar-refractivity contribution in [2.24, 2.45) is 0 Å². The molecule has 0 saturated heterocycles. The van der Waals surface area contributed by atoms with Crippen molar-refractivity contribution in [3.05, 3.63) is 29.8 Å². The molecule has 1 N–H and O–H groups in total. The van der Waals surface area contributed by atoms with E-state index in [0.717, 1.165) is 17.7 Å². The molecule has 0 unspecified atom stereocenters. The van der Waals surface area contributed by atoms with Gasteiger partial charge in [0.1, 0.15) is 5.75 Å². The summed E-state index contributed by atoms with van der Waals surface area (Å²) in [6.45, 7) is 0. The molecule has 1 aromatic rings. The number of nitrogens with one attached hydrogen (secondary N) is 1. The number of carbonyl (C=O) groups excluding carboxylic acids is 1. The Labute approximate surface area is 96.2 Å². The van der Waals surface area contributed by atoms with Gasteiger partial charge < -0.3 is 4.74 Å². The van der Waals surface area contributed by atoms with Crippen LogP contribution in [0.5, 0.6) is 5.75 Å². The summed E-state index contributed by atoms with van der Waals surface area (Å²) in [6.07, 6.45) is 1.23.